The number of rotatable bonds is 11. The van der Waals surface area contributed by atoms with E-state index >= 15 is 0 Å². The van der Waals surface area contributed by atoms with Crippen molar-refractivity contribution >= 4 is 21.7 Å². The molecule has 1 aliphatic rings. The van der Waals surface area contributed by atoms with Gasteiger partial charge >= 0.3 is 0 Å². The van der Waals surface area contributed by atoms with Crippen LogP contribution in [-0.2, 0) is 19.6 Å². The largest absolute Gasteiger partial charge is 0.390 e. The summed E-state index contributed by atoms with van der Waals surface area (Å²) in [6.07, 6.45) is -0.791. The van der Waals surface area contributed by atoms with Crippen LogP contribution in [0.3, 0.4) is 0 Å². The molecule has 0 spiro atoms. The average molecular weight is 487 g/mol. The van der Waals surface area contributed by atoms with Gasteiger partial charge in [-0.2, -0.15) is 4.72 Å². The molecule has 1 amide bonds. The van der Waals surface area contributed by atoms with Gasteiger partial charge in [0.15, 0.2) is 0 Å². The van der Waals surface area contributed by atoms with E-state index in [1.165, 1.54) is 12.1 Å². The molecule has 2 aromatic rings. The molecule has 3 N–H and O–H groups in total. The number of carbonyl (C=O) groups is 2. The van der Waals surface area contributed by atoms with Gasteiger partial charge in [0.25, 0.3) is 0 Å². The molecule has 0 aromatic heterocycles. The third-order valence-corrected chi connectivity index (χ3v) is 7.67. The number of carbonyl (C=O) groups excluding carboxylic acids is 2. The number of nitrogens with one attached hydrogen (secondary N) is 2. The standard InChI is InChI=1S/C26H34N2O5S/c1-16(2)15-20(28-34(32,33)19-13-9-6-10-14-19)26(31)27-23(17(3)4)25(30)22-21(24(22)29)18-11-7-5-8-12-18/h5-14,16-17,20-23,25,28,30H,15H2,1-4H3,(H,27,31)/t20-,21?,22?,23-,25+/m0/s1. The summed E-state index contributed by atoms with van der Waals surface area (Å²) >= 11 is 0. The molecule has 5 atom stereocenters. The Balaban J connectivity index is 1.76. The van der Waals surface area contributed by atoms with Crippen molar-refractivity contribution < 1.29 is 23.1 Å². The van der Waals surface area contributed by atoms with Crippen LogP contribution in [0.4, 0.5) is 0 Å². The van der Waals surface area contributed by atoms with Gasteiger partial charge in [0.2, 0.25) is 15.9 Å². The Labute approximate surface area is 202 Å². The number of amides is 1. The SMILES string of the molecule is CC(C)C[C@H](NS(=O)(=O)c1ccccc1)C(=O)N[C@@H](C(C)C)[C@H](O)C1C(=O)C1c1ccccc1. The fourth-order valence-corrected chi connectivity index (χ4v) is 5.56. The van der Waals surface area contributed by atoms with Gasteiger partial charge in [0.05, 0.1) is 28.9 Å². The van der Waals surface area contributed by atoms with Crippen molar-refractivity contribution in [3.63, 3.8) is 0 Å². The number of Topliss-reactive ketones (excluding diaryl/α,β-unsaturated/α-hetero) is 1. The summed E-state index contributed by atoms with van der Waals surface area (Å²) in [4.78, 5) is 25.9. The van der Waals surface area contributed by atoms with Gasteiger partial charge in [-0.05, 0) is 36.0 Å². The second-order valence-corrected chi connectivity index (χ2v) is 11.4. The maximum atomic E-state index is 13.2. The highest BCUT2D eigenvalue weighted by molar-refractivity contribution is 7.89. The number of sulfonamides is 1. The number of ketones is 1. The Morgan fingerprint density at radius 2 is 1.53 bits per heavy atom. The number of benzene rings is 2. The van der Waals surface area contributed by atoms with Crippen LogP contribution < -0.4 is 10.0 Å². The Morgan fingerprint density at radius 3 is 2.06 bits per heavy atom. The van der Waals surface area contributed by atoms with Crippen LogP contribution in [0.2, 0.25) is 0 Å². The third kappa shape index (κ3) is 6.11. The van der Waals surface area contributed by atoms with Gasteiger partial charge in [-0.25, -0.2) is 8.42 Å². The van der Waals surface area contributed by atoms with Crippen molar-refractivity contribution in [3.05, 3.63) is 66.2 Å². The minimum absolute atomic E-state index is 0.0455. The Kier molecular flexibility index (Phi) is 8.28. The van der Waals surface area contributed by atoms with Crippen molar-refractivity contribution in [1.29, 1.82) is 0 Å². The average Bonchev–Trinajstić information content (AvgIpc) is 3.47. The van der Waals surface area contributed by atoms with Crippen LogP contribution in [-0.4, -0.2) is 43.4 Å². The zero-order valence-electron chi connectivity index (χ0n) is 20.0. The molecule has 0 bridgehead atoms. The van der Waals surface area contributed by atoms with E-state index in [-0.39, 0.29) is 28.9 Å². The van der Waals surface area contributed by atoms with E-state index in [1.54, 1.807) is 18.2 Å². The molecule has 1 saturated carbocycles. The molecule has 184 valence electrons. The molecule has 3 rings (SSSR count). The minimum atomic E-state index is -3.91. The summed E-state index contributed by atoms with van der Waals surface area (Å²) in [6, 6.07) is 15.4. The van der Waals surface area contributed by atoms with Crippen LogP contribution in [0.15, 0.2) is 65.6 Å². The first-order valence-corrected chi connectivity index (χ1v) is 13.2. The lowest BCUT2D eigenvalue weighted by atomic mass is 9.92. The zero-order chi connectivity index (χ0) is 25.0. The van der Waals surface area contributed by atoms with E-state index in [9.17, 15) is 23.1 Å². The molecule has 0 radical (unpaired) electrons. The molecular weight excluding hydrogens is 452 g/mol. The molecule has 34 heavy (non-hydrogen) atoms. The quantitative estimate of drug-likeness (QED) is 0.452. The number of aliphatic hydroxyl groups excluding tert-OH is 1. The first kappa shape index (κ1) is 26.1. The van der Waals surface area contributed by atoms with Crippen molar-refractivity contribution in [3.8, 4) is 0 Å². The van der Waals surface area contributed by atoms with Crippen molar-refractivity contribution in [2.45, 2.75) is 63.1 Å². The van der Waals surface area contributed by atoms with E-state index in [0.29, 0.717) is 0 Å². The highest BCUT2D eigenvalue weighted by Crippen LogP contribution is 2.46. The van der Waals surface area contributed by atoms with Crippen LogP contribution in [0.1, 0.15) is 45.6 Å². The summed E-state index contributed by atoms with van der Waals surface area (Å²) in [5.74, 6) is -1.69. The van der Waals surface area contributed by atoms with Gasteiger partial charge in [0, 0.05) is 0 Å². The molecule has 1 fully saturated rings. The minimum Gasteiger partial charge on any atom is -0.390 e. The smallest absolute Gasteiger partial charge is 0.241 e. The molecule has 1 aliphatic carbocycles. The van der Waals surface area contributed by atoms with Crippen molar-refractivity contribution in [2.24, 2.45) is 17.8 Å². The van der Waals surface area contributed by atoms with Crippen LogP contribution in [0.25, 0.3) is 0 Å². The third-order valence-electron chi connectivity index (χ3n) is 6.18. The zero-order valence-corrected chi connectivity index (χ0v) is 20.8. The first-order valence-electron chi connectivity index (χ1n) is 11.7. The first-order chi connectivity index (χ1) is 16.0. The fraction of sp³-hybridized carbons (Fsp3) is 0.462. The fourth-order valence-electron chi connectivity index (χ4n) is 4.33. The summed E-state index contributed by atoms with van der Waals surface area (Å²) in [5.41, 5.74) is 0.846. The van der Waals surface area contributed by atoms with E-state index in [1.807, 2.05) is 58.0 Å². The van der Waals surface area contributed by atoms with Crippen molar-refractivity contribution in [1.82, 2.24) is 10.0 Å². The molecule has 2 unspecified atom stereocenters. The lowest BCUT2D eigenvalue weighted by Gasteiger charge is -2.30. The van der Waals surface area contributed by atoms with Gasteiger partial charge in [-0.15, -0.1) is 0 Å². The van der Waals surface area contributed by atoms with E-state index in [2.05, 4.69) is 10.0 Å². The van der Waals surface area contributed by atoms with E-state index in [0.717, 1.165) is 5.56 Å². The van der Waals surface area contributed by atoms with E-state index in [4.69, 9.17) is 0 Å². The molecule has 8 heteroatoms. The normalized spacial score (nSPS) is 20.7. The molecule has 0 heterocycles. The second-order valence-electron chi connectivity index (χ2n) is 9.70. The predicted molar refractivity (Wildman–Crippen MR) is 130 cm³/mol. The predicted octanol–water partition coefficient (Wildman–Crippen LogP) is 2.86. The van der Waals surface area contributed by atoms with Crippen LogP contribution in [0, 0.1) is 17.8 Å². The highest BCUT2D eigenvalue weighted by Gasteiger charge is 2.56. The number of hydrogen-bond acceptors (Lipinski definition) is 5. The molecular formula is C26H34N2O5S. The summed E-state index contributed by atoms with van der Waals surface area (Å²) in [7, 11) is -3.91. The summed E-state index contributed by atoms with van der Waals surface area (Å²) in [6.45, 7) is 7.51. The van der Waals surface area contributed by atoms with Gasteiger partial charge < -0.3 is 10.4 Å². The Hall–Kier alpha value is -2.55. The summed E-state index contributed by atoms with van der Waals surface area (Å²) < 4.78 is 28.2. The van der Waals surface area contributed by atoms with Gasteiger partial charge in [0.1, 0.15) is 11.8 Å². The van der Waals surface area contributed by atoms with Crippen LogP contribution in [0.5, 0.6) is 0 Å². The highest BCUT2D eigenvalue weighted by atomic mass is 32.2. The Morgan fingerprint density at radius 1 is 0.971 bits per heavy atom. The Bertz CT molecular complexity index is 1090. The molecule has 7 nitrogen and oxygen atoms in total. The topological polar surface area (TPSA) is 113 Å². The molecule has 0 aliphatic heterocycles. The number of hydrogen-bond donors (Lipinski definition) is 3. The lowest BCUT2D eigenvalue weighted by molar-refractivity contribution is -0.125. The number of aliphatic hydroxyl groups is 1. The molecule has 0 saturated heterocycles. The lowest BCUT2D eigenvalue weighted by Crippen LogP contribution is -2.55. The van der Waals surface area contributed by atoms with Gasteiger partial charge in [-0.3, -0.25) is 9.59 Å². The van der Waals surface area contributed by atoms with E-state index < -0.39 is 46.0 Å². The second kappa shape index (κ2) is 10.8. The maximum absolute atomic E-state index is 13.2. The maximum Gasteiger partial charge on any atom is 0.241 e. The summed E-state index contributed by atoms with van der Waals surface area (Å²) in [5, 5.41) is 13.9. The molecule has 2 aromatic carbocycles. The van der Waals surface area contributed by atoms with Crippen molar-refractivity contribution in [2.75, 3.05) is 0 Å². The monoisotopic (exact) mass is 486 g/mol. The van der Waals surface area contributed by atoms with Crippen LogP contribution >= 0.6 is 0 Å². The van der Waals surface area contributed by atoms with Gasteiger partial charge in [-0.1, -0.05) is 76.2 Å².